The SMILES string of the molecule is CCOC(=O)N1CCC(N(CCC(=O)Nc2cccc(OC)c2)C(C)=O)CC1. The summed E-state index contributed by atoms with van der Waals surface area (Å²) in [6, 6.07) is 7.15. The summed E-state index contributed by atoms with van der Waals surface area (Å²) in [5.74, 6) is 0.434. The van der Waals surface area contributed by atoms with Crippen LogP contribution in [-0.2, 0) is 14.3 Å². The molecule has 154 valence electrons. The van der Waals surface area contributed by atoms with E-state index in [1.165, 1.54) is 6.92 Å². The molecule has 0 bridgehead atoms. The topological polar surface area (TPSA) is 88.2 Å². The number of benzene rings is 1. The average Bonchev–Trinajstić information content (AvgIpc) is 2.68. The maximum atomic E-state index is 12.3. The van der Waals surface area contributed by atoms with Gasteiger partial charge in [-0.1, -0.05) is 6.07 Å². The van der Waals surface area contributed by atoms with Gasteiger partial charge in [0.15, 0.2) is 0 Å². The number of nitrogens with one attached hydrogen (secondary N) is 1. The number of methoxy groups -OCH3 is 1. The summed E-state index contributed by atoms with van der Waals surface area (Å²) in [6.45, 7) is 5.07. The van der Waals surface area contributed by atoms with E-state index in [9.17, 15) is 14.4 Å². The van der Waals surface area contributed by atoms with E-state index < -0.39 is 0 Å². The molecule has 0 aromatic heterocycles. The summed E-state index contributed by atoms with van der Waals surface area (Å²) in [5.41, 5.74) is 0.654. The number of likely N-dealkylation sites (tertiary alicyclic amines) is 1. The number of rotatable bonds is 7. The van der Waals surface area contributed by atoms with Gasteiger partial charge in [0, 0.05) is 50.8 Å². The lowest BCUT2D eigenvalue weighted by molar-refractivity contribution is -0.132. The normalized spacial score (nSPS) is 14.3. The number of hydrogen-bond acceptors (Lipinski definition) is 5. The van der Waals surface area contributed by atoms with Gasteiger partial charge in [0.2, 0.25) is 11.8 Å². The molecule has 1 aromatic rings. The van der Waals surface area contributed by atoms with Crippen LogP contribution in [0.2, 0.25) is 0 Å². The van der Waals surface area contributed by atoms with Crippen LogP contribution in [0, 0.1) is 0 Å². The van der Waals surface area contributed by atoms with Gasteiger partial charge < -0.3 is 24.6 Å². The minimum Gasteiger partial charge on any atom is -0.497 e. The van der Waals surface area contributed by atoms with Crippen LogP contribution in [0.3, 0.4) is 0 Å². The van der Waals surface area contributed by atoms with Crippen LogP contribution in [0.1, 0.15) is 33.1 Å². The molecule has 1 fully saturated rings. The summed E-state index contributed by atoms with van der Waals surface area (Å²) in [6.07, 6.45) is 1.24. The highest BCUT2D eigenvalue weighted by Crippen LogP contribution is 2.19. The van der Waals surface area contributed by atoms with Crippen LogP contribution in [0.5, 0.6) is 5.75 Å². The molecule has 0 spiro atoms. The van der Waals surface area contributed by atoms with E-state index >= 15 is 0 Å². The molecule has 0 aliphatic carbocycles. The predicted molar refractivity (Wildman–Crippen MR) is 105 cm³/mol. The van der Waals surface area contributed by atoms with Crippen molar-refractivity contribution >= 4 is 23.6 Å². The molecule has 0 saturated carbocycles. The second-order valence-electron chi connectivity index (χ2n) is 6.66. The Hall–Kier alpha value is -2.77. The molecule has 0 unspecified atom stereocenters. The first-order valence-corrected chi connectivity index (χ1v) is 9.57. The maximum absolute atomic E-state index is 12.3. The van der Waals surface area contributed by atoms with E-state index in [4.69, 9.17) is 9.47 Å². The van der Waals surface area contributed by atoms with E-state index in [0.29, 0.717) is 50.5 Å². The van der Waals surface area contributed by atoms with Crippen LogP contribution < -0.4 is 10.1 Å². The fraction of sp³-hybridized carbons (Fsp3) is 0.550. The molecule has 28 heavy (non-hydrogen) atoms. The van der Waals surface area contributed by atoms with Gasteiger partial charge in [0.25, 0.3) is 0 Å². The molecule has 2 rings (SSSR count). The highest BCUT2D eigenvalue weighted by atomic mass is 16.6. The largest absolute Gasteiger partial charge is 0.497 e. The van der Waals surface area contributed by atoms with Crippen molar-refractivity contribution in [1.29, 1.82) is 0 Å². The van der Waals surface area contributed by atoms with Crippen LogP contribution in [0.4, 0.5) is 10.5 Å². The molecular weight excluding hydrogens is 362 g/mol. The Balaban J connectivity index is 1.85. The summed E-state index contributed by atoms with van der Waals surface area (Å²) < 4.78 is 10.2. The molecule has 8 heteroatoms. The zero-order chi connectivity index (χ0) is 20.5. The summed E-state index contributed by atoms with van der Waals surface area (Å²) in [5, 5.41) is 2.82. The monoisotopic (exact) mass is 391 g/mol. The van der Waals surface area contributed by atoms with Gasteiger partial charge in [-0.25, -0.2) is 4.79 Å². The molecule has 1 saturated heterocycles. The molecule has 1 N–H and O–H groups in total. The lowest BCUT2D eigenvalue weighted by Gasteiger charge is -2.37. The van der Waals surface area contributed by atoms with Gasteiger partial charge >= 0.3 is 6.09 Å². The van der Waals surface area contributed by atoms with Gasteiger partial charge in [0.05, 0.1) is 13.7 Å². The van der Waals surface area contributed by atoms with Gasteiger partial charge in [0.1, 0.15) is 5.75 Å². The van der Waals surface area contributed by atoms with Crippen molar-refractivity contribution in [1.82, 2.24) is 9.80 Å². The number of carbonyl (C=O) groups excluding carboxylic acids is 3. The molecule has 0 radical (unpaired) electrons. The summed E-state index contributed by atoms with van der Waals surface area (Å²) >= 11 is 0. The quantitative estimate of drug-likeness (QED) is 0.771. The highest BCUT2D eigenvalue weighted by molar-refractivity contribution is 5.91. The minimum absolute atomic E-state index is 0.0211. The van der Waals surface area contributed by atoms with Crippen LogP contribution in [-0.4, -0.2) is 67.1 Å². The zero-order valence-corrected chi connectivity index (χ0v) is 16.8. The molecule has 1 heterocycles. The predicted octanol–water partition coefficient (Wildman–Crippen LogP) is 2.49. The minimum atomic E-state index is -0.312. The standard InChI is InChI=1S/C20H29N3O5/c1-4-28-20(26)22-11-8-17(9-12-22)23(15(2)24)13-10-19(25)21-16-6-5-7-18(14-16)27-3/h5-7,14,17H,4,8-13H2,1-3H3,(H,21,25). The lowest BCUT2D eigenvalue weighted by Crippen LogP contribution is -2.49. The third-order valence-corrected chi connectivity index (χ3v) is 4.77. The summed E-state index contributed by atoms with van der Waals surface area (Å²) in [4.78, 5) is 39.6. The number of ether oxygens (including phenoxy) is 2. The molecule has 1 aliphatic heterocycles. The van der Waals surface area contributed by atoms with Crippen molar-refractivity contribution in [2.75, 3.05) is 38.7 Å². The number of piperidine rings is 1. The van der Waals surface area contributed by atoms with Crippen LogP contribution in [0.25, 0.3) is 0 Å². The first kappa shape index (κ1) is 21.5. The van der Waals surface area contributed by atoms with E-state index in [-0.39, 0.29) is 30.4 Å². The molecule has 0 atom stereocenters. The van der Waals surface area contributed by atoms with E-state index in [1.54, 1.807) is 48.1 Å². The fourth-order valence-electron chi connectivity index (χ4n) is 3.32. The van der Waals surface area contributed by atoms with E-state index in [2.05, 4.69) is 5.32 Å². The number of amides is 3. The molecule has 3 amide bonds. The highest BCUT2D eigenvalue weighted by Gasteiger charge is 2.29. The second kappa shape index (κ2) is 10.5. The Bertz CT molecular complexity index is 686. The Morgan fingerprint density at radius 2 is 1.96 bits per heavy atom. The molecule has 1 aliphatic rings. The number of carbonyl (C=O) groups is 3. The molecular formula is C20H29N3O5. The van der Waals surface area contributed by atoms with Crippen molar-refractivity contribution in [3.63, 3.8) is 0 Å². The number of anilines is 1. The van der Waals surface area contributed by atoms with Crippen molar-refractivity contribution in [3.05, 3.63) is 24.3 Å². The third-order valence-electron chi connectivity index (χ3n) is 4.77. The van der Waals surface area contributed by atoms with Crippen LogP contribution in [0.15, 0.2) is 24.3 Å². The average molecular weight is 391 g/mol. The number of nitrogens with zero attached hydrogens (tertiary/aromatic N) is 2. The van der Waals surface area contributed by atoms with Gasteiger partial charge in [-0.2, -0.15) is 0 Å². The molecule has 1 aromatic carbocycles. The Morgan fingerprint density at radius 3 is 2.57 bits per heavy atom. The smallest absolute Gasteiger partial charge is 0.409 e. The van der Waals surface area contributed by atoms with E-state index in [0.717, 1.165) is 0 Å². The first-order chi connectivity index (χ1) is 13.4. The number of hydrogen-bond donors (Lipinski definition) is 1. The lowest BCUT2D eigenvalue weighted by atomic mass is 10.0. The Labute approximate surface area is 165 Å². The fourth-order valence-corrected chi connectivity index (χ4v) is 3.32. The van der Waals surface area contributed by atoms with Crippen LogP contribution >= 0.6 is 0 Å². The Morgan fingerprint density at radius 1 is 1.25 bits per heavy atom. The zero-order valence-electron chi connectivity index (χ0n) is 16.8. The van der Waals surface area contributed by atoms with Crippen molar-refractivity contribution in [2.24, 2.45) is 0 Å². The van der Waals surface area contributed by atoms with Gasteiger partial charge in [-0.3, -0.25) is 9.59 Å². The second-order valence-corrected chi connectivity index (χ2v) is 6.66. The third kappa shape index (κ3) is 6.14. The van der Waals surface area contributed by atoms with Gasteiger partial charge in [-0.15, -0.1) is 0 Å². The van der Waals surface area contributed by atoms with Crippen molar-refractivity contribution in [2.45, 2.75) is 39.2 Å². The van der Waals surface area contributed by atoms with Gasteiger partial charge in [-0.05, 0) is 31.9 Å². The van der Waals surface area contributed by atoms with E-state index in [1.807, 2.05) is 0 Å². The Kier molecular flexibility index (Phi) is 8.10. The first-order valence-electron chi connectivity index (χ1n) is 9.57. The summed E-state index contributed by atoms with van der Waals surface area (Å²) in [7, 11) is 1.57. The maximum Gasteiger partial charge on any atom is 0.409 e. The molecule has 8 nitrogen and oxygen atoms in total. The van der Waals surface area contributed by atoms with Crippen molar-refractivity contribution < 1.29 is 23.9 Å². The van der Waals surface area contributed by atoms with Crippen molar-refractivity contribution in [3.8, 4) is 5.75 Å².